The minimum atomic E-state index is -0.474. The van der Waals surface area contributed by atoms with Gasteiger partial charge in [0.2, 0.25) is 0 Å². The van der Waals surface area contributed by atoms with E-state index in [2.05, 4.69) is 15.4 Å². The highest BCUT2D eigenvalue weighted by Crippen LogP contribution is 2.41. The molecule has 1 N–H and O–H groups in total. The summed E-state index contributed by atoms with van der Waals surface area (Å²) in [7, 11) is 0. The Morgan fingerprint density at radius 3 is 3.00 bits per heavy atom. The Morgan fingerprint density at radius 1 is 1.48 bits per heavy atom. The van der Waals surface area contributed by atoms with E-state index in [9.17, 15) is 4.79 Å². The van der Waals surface area contributed by atoms with Gasteiger partial charge in [0, 0.05) is 12.6 Å². The van der Waals surface area contributed by atoms with Crippen molar-refractivity contribution in [3.63, 3.8) is 0 Å². The van der Waals surface area contributed by atoms with Gasteiger partial charge in [-0.15, -0.1) is 0 Å². The smallest absolute Gasteiger partial charge is 0.326 e. The number of carbonyl (C=O) groups is 1. The molecule has 0 amide bonds. The second-order valence-corrected chi connectivity index (χ2v) is 6.15. The number of hydrogen-bond donors (Lipinski definition) is 1. The van der Waals surface area contributed by atoms with Crippen LogP contribution >= 0.6 is 0 Å². The SMILES string of the molecule is CCOC(=O)C1(NC2CC2)CCCC1CCn1cncn1. The van der Waals surface area contributed by atoms with Crippen LogP contribution in [0.15, 0.2) is 12.7 Å². The molecular formula is C15H24N4O2. The van der Waals surface area contributed by atoms with Crippen molar-refractivity contribution in [2.75, 3.05) is 6.61 Å². The summed E-state index contributed by atoms with van der Waals surface area (Å²) in [5.74, 6) is 0.263. The number of nitrogens with zero attached hydrogens (tertiary/aromatic N) is 3. The van der Waals surface area contributed by atoms with Crippen molar-refractivity contribution < 1.29 is 9.53 Å². The van der Waals surface area contributed by atoms with Crippen molar-refractivity contribution in [1.29, 1.82) is 0 Å². The molecule has 6 nitrogen and oxygen atoms in total. The summed E-state index contributed by atoms with van der Waals surface area (Å²) >= 11 is 0. The van der Waals surface area contributed by atoms with Crippen LogP contribution in [-0.2, 0) is 16.1 Å². The Morgan fingerprint density at radius 2 is 2.33 bits per heavy atom. The fraction of sp³-hybridized carbons (Fsp3) is 0.800. The molecule has 2 unspecified atom stereocenters. The van der Waals surface area contributed by atoms with Crippen molar-refractivity contribution in [3.05, 3.63) is 12.7 Å². The molecule has 21 heavy (non-hydrogen) atoms. The third-order valence-electron chi connectivity index (χ3n) is 4.67. The molecule has 1 aromatic heterocycles. The first kappa shape index (κ1) is 14.5. The van der Waals surface area contributed by atoms with Crippen LogP contribution in [-0.4, -0.2) is 38.9 Å². The Kier molecular flexibility index (Phi) is 4.24. The maximum Gasteiger partial charge on any atom is 0.326 e. The van der Waals surface area contributed by atoms with Crippen LogP contribution in [0.25, 0.3) is 0 Å². The minimum Gasteiger partial charge on any atom is -0.465 e. The maximum absolute atomic E-state index is 12.6. The van der Waals surface area contributed by atoms with E-state index in [1.54, 1.807) is 12.7 Å². The standard InChI is InChI=1S/C15H24N4O2/c1-2-21-14(20)15(18-13-5-6-13)8-3-4-12(15)7-9-19-11-16-10-17-19/h10-13,18H,2-9H2,1H3. The first-order valence-corrected chi connectivity index (χ1v) is 8.02. The van der Waals surface area contributed by atoms with Gasteiger partial charge in [0.1, 0.15) is 18.2 Å². The summed E-state index contributed by atoms with van der Waals surface area (Å²) in [5.41, 5.74) is -0.474. The molecule has 2 saturated carbocycles. The summed E-state index contributed by atoms with van der Waals surface area (Å²) in [6.45, 7) is 3.13. The van der Waals surface area contributed by atoms with Gasteiger partial charge in [0.05, 0.1) is 6.61 Å². The lowest BCUT2D eigenvalue weighted by Gasteiger charge is -2.34. The van der Waals surface area contributed by atoms with Crippen LogP contribution in [0.4, 0.5) is 0 Å². The molecule has 0 aliphatic heterocycles. The number of carbonyl (C=O) groups excluding carboxylic acids is 1. The van der Waals surface area contributed by atoms with E-state index in [-0.39, 0.29) is 5.97 Å². The highest BCUT2D eigenvalue weighted by molar-refractivity contribution is 5.82. The average Bonchev–Trinajstić information content (AvgIpc) is 2.98. The second-order valence-electron chi connectivity index (χ2n) is 6.15. The van der Waals surface area contributed by atoms with Gasteiger partial charge in [-0.2, -0.15) is 5.10 Å². The summed E-state index contributed by atoms with van der Waals surface area (Å²) in [5, 5.41) is 7.76. The molecule has 0 radical (unpaired) electrons. The van der Waals surface area contributed by atoms with Crippen LogP contribution < -0.4 is 5.32 Å². The highest BCUT2D eigenvalue weighted by atomic mass is 16.5. The molecule has 2 aliphatic carbocycles. The Bertz CT molecular complexity index is 472. The molecule has 1 aromatic rings. The van der Waals surface area contributed by atoms with E-state index in [1.165, 1.54) is 12.8 Å². The average molecular weight is 292 g/mol. The number of ether oxygens (including phenoxy) is 1. The zero-order valence-electron chi connectivity index (χ0n) is 12.6. The molecule has 116 valence electrons. The molecule has 3 rings (SSSR count). The van der Waals surface area contributed by atoms with E-state index in [1.807, 2.05) is 11.6 Å². The first-order valence-electron chi connectivity index (χ1n) is 8.02. The van der Waals surface area contributed by atoms with Crippen LogP contribution in [0.2, 0.25) is 0 Å². The molecular weight excluding hydrogens is 268 g/mol. The van der Waals surface area contributed by atoms with Crippen LogP contribution in [0, 0.1) is 5.92 Å². The number of esters is 1. The van der Waals surface area contributed by atoms with Gasteiger partial charge in [0.25, 0.3) is 0 Å². The molecule has 0 bridgehead atoms. The third-order valence-corrected chi connectivity index (χ3v) is 4.67. The summed E-state index contributed by atoms with van der Waals surface area (Å²) in [4.78, 5) is 16.6. The lowest BCUT2D eigenvalue weighted by atomic mass is 9.84. The van der Waals surface area contributed by atoms with E-state index >= 15 is 0 Å². The van der Waals surface area contributed by atoms with E-state index in [0.717, 1.165) is 32.2 Å². The number of nitrogens with one attached hydrogen (secondary N) is 1. The van der Waals surface area contributed by atoms with E-state index < -0.39 is 5.54 Å². The Hall–Kier alpha value is -1.43. The van der Waals surface area contributed by atoms with Gasteiger partial charge in [-0.25, -0.2) is 4.98 Å². The van der Waals surface area contributed by atoms with E-state index in [4.69, 9.17) is 4.74 Å². The lowest BCUT2D eigenvalue weighted by Crippen LogP contribution is -2.56. The van der Waals surface area contributed by atoms with Crippen molar-refractivity contribution in [2.45, 2.75) is 63.6 Å². The molecule has 0 saturated heterocycles. The van der Waals surface area contributed by atoms with Crippen molar-refractivity contribution >= 4 is 5.97 Å². The number of aryl methyl sites for hydroxylation is 1. The zero-order valence-corrected chi connectivity index (χ0v) is 12.6. The van der Waals surface area contributed by atoms with Crippen LogP contribution in [0.3, 0.4) is 0 Å². The molecule has 2 fully saturated rings. The normalized spacial score (nSPS) is 28.7. The molecule has 6 heteroatoms. The second kappa shape index (κ2) is 6.13. The first-order chi connectivity index (χ1) is 10.2. The van der Waals surface area contributed by atoms with Crippen LogP contribution in [0.5, 0.6) is 0 Å². The summed E-state index contributed by atoms with van der Waals surface area (Å²) in [6.07, 6.45) is 9.62. The van der Waals surface area contributed by atoms with Crippen molar-refractivity contribution in [1.82, 2.24) is 20.1 Å². The van der Waals surface area contributed by atoms with Crippen LogP contribution in [0.1, 0.15) is 45.4 Å². The fourth-order valence-corrected chi connectivity index (χ4v) is 3.47. The molecule has 2 atom stereocenters. The van der Waals surface area contributed by atoms with Gasteiger partial charge in [0.15, 0.2) is 0 Å². The molecule has 0 spiro atoms. The largest absolute Gasteiger partial charge is 0.465 e. The van der Waals surface area contributed by atoms with Gasteiger partial charge in [-0.05, 0) is 44.9 Å². The maximum atomic E-state index is 12.6. The molecule has 2 aliphatic rings. The number of rotatable bonds is 7. The summed E-state index contributed by atoms with van der Waals surface area (Å²) in [6, 6.07) is 0.501. The van der Waals surface area contributed by atoms with Gasteiger partial charge < -0.3 is 4.74 Å². The molecule has 1 heterocycles. The number of aromatic nitrogens is 3. The van der Waals surface area contributed by atoms with Gasteiger partial charge >= 0.3 is 5.97 Å². The molecule has 0 aromatic carbocycles. The fourth-order valence-electron chi connectivity index (χ4n) is 3.47. The van der Waals surface area contributed by atoms with E-state index in [0.29, 0.717) is 18.6 Å². The lowest BCUT2D eigenvalue weighted by molar-refractivity contribution is -0.153. The third kappa shape index (κ3) is 3.10. The predicted molar refractivity (Wildman–Crippen MR) is 77.5 cm³/mol. The number of hydrogen-bond acceptors (Lipinski definition) is 5. The van der Waals surface area contributed by atoms with Gasteiger partial charge in [-0.1, -0.05) is 6.42 Å². The quantitative estimate of drug-likeness (QED) is 0.772. The highest BCUT2D eigenvalue weighted by Gasteiger charge is 2.51. The predicted octanol–water partition coefficient (Wildman–Crippen LogP) is 1.52. The Labute approximate surface area is 125 Å². The zero-order chi connectivity index (χ0) is 14.7. The van der Waals surface area contributed by atoms with Crippen molar-refractivity contribution in [3.8, 4) is 0 Å². The van der Waals surface area contributed by atoms with Crippen molar-refractivity contribution in [2.24, 2.45) is 5.92 Å². The Balaban J connectivity index is 1.70. The summed E-state index contributed by atoms with van der Waals surface area (Å²) < 4.78 is 7.23. The monoisotopic (exact) mass is 292 g/mol. The topological polar surface area (TPSA) is 69.0 Å². The van der Waals surface area contributed by atoms with Gasteiger partial charge in [-0.3, -0.25) is 14.8 Å². The minimum absolute atomic E-state index is 0.0574.